The van der Waals surface area contributed by atoms with E-state index in [4.69, 9.17) is 4.74 Å². The normalized spacial score (nSPS) is 22.9. The summed E-state index contributed by atoms with van der Waals surface area (Å²) in [4.78, 5) is 2.31. The van der Waals surface area contributed by atoms with E-state index in [9.17, 15) is 0 Å². The van der Waals surface area contributed by atoms with E-state index in [1.807, 2.05) is 17.9 Å². The van der Waals surface area contributed by atoms with E-state index in [-0.39, 0.29) is 0 Å². The highest BCUT2D eigenvalue weighted by Gasteiger charge is 2.20. The Hall–Kier alpha value is -0.910. The number of ether oxygens (including phenoxy) is 1. The lowest BCUT2D eigenvalue weighted by atomic mass is 10.2. The Morgan fingerprint density at radius 2 is 2.53 bits per heavy atom. The van der Waals surface area contributed by atoms with Gasteiger partial charge in [-0.2, -0.15) is 5.10 Å². The highest BCUT2D eigenvalue weighted by molar-refractivity contribution is 5.05. The third-order valence-corrected chi connectivity index (χ3v) is 3.44. The van der Waals surface area contributed by atoms with Gasteiger partial charge in [-0.15, -0.1) is 0 Å². The van der Waals surface area contributed by atoms with Gasteiger partial charge in [-0.05, 0) is 20.0 Å². The van der Waals surface area contributed by atoms with Crippen LogP contribution in [0.15, 0.2) is 12.3 Å². The molecule has 1 saturated heterocycles. The molecule has 2 heterocycles. The van der Waals surface area contributed by atoms with Crippen LogP contribution < -0.4 is 5.32 Å². The zero-order valence-corrected chi connectivity index (χ0v) is 10.9. The van der Waals surface area contributed by atoms with Crippen molar-refractivity contribution in [3.63, 3.8) is 0 Å². The molecule has 0 bridgehead atoms. The van der Waals surface area contributed by atoms with Crippen molar-refractivity contribution in [3.8, 4) is 0 Å². The number of hydrogen-bond donors (Lipinski definition) is 1. The number of aryl methyl sites for hydroxylation is 1. The molecule has 0 saturated carbocycles. The van der Waals surface area contributed by atoms with Gasteiger partial charge in [0.1, 0.15) is 0 Å². The Labute approximate surface area is 103 Å². The summed E-state index contributed by atoms with van der Waals surface area (Å²) in [6, 6.07) is 2.43. The van der Waals surface area contributed by atoms with Crippen molar-refractivity contribution in [3.05, 3.63) is 18.0 Å². The molecular formula is C12H22N4O. The fourth-order valence-electron chi connectivity index (χ4n) is 2.24. The van der Waals surface area contributed by atoms with Crippen molar-refractivity contribution in [1.29, 1.82) is 0 Å². The predicted octanol–water partition coefficient (Wildman–Crippen LogP) is 0.401. The van der Waals surface area contributed by atoms with Gasteiger partial charge in [-0.1, -0.05) is 0 Å². The van der Waals surface area contributed by atoms with Gasteiger partial charge in [0.15, 0.2) is 0 Å². The molecule has 2 unspecified atom stereocenters. The number of likely N-dealkylation sites (N-methyl/N-ethyl adjacent to an activating group) is 1. The van der Waals surface area contributed by atoms with Crippen molar-refractivity contribution < 1.29 is 4.74 Å². The Kier molecular flexibility index (Phi) is 4.15. The molecule has 1 aromatic rings. The Morgan fingerprint density at radius 1 is 1.71 bits per heavy atom. The molecule has 5 heteroatoms. The number of aromatic nitrogens is 2. The van der Waals surface area contributed by atoms with Crippen LogP contribution in [0.2, 0.25) is 0 Å². The molecule has 1 fully saturated rings. The van der Waals surface area contributed by atoms with E-state index >= 15 is 0 Å². The monoisotopic (exact) mass is 238 g/mol. The van der Waals surface area contributed by atoms with E-state index in [0.29, 0.717) is 12.1 Å². The number of rotatable bonds is 4. The van der Waals surface area contributed by atoms with E-state index in [1.165, 1.54) is 5.69 Å². The second kappa shape index (κ2) is 5.62. The van der Waals surface area contributed by atoms with Crippen LogP contribution in [0, 0.1) is 0 Å². The SMILES string of the molecule is CC(c1ccnn1C)N(C)CC1CNCCO1. The van der Waals surface area contributed by atoms with E-state index < -0.39 is 0 Å². The van der Waals surface area contributed by atoms with E-state index in [2.05, 4.69) is 35.4 Å². The third-order valence-electron chi connectivity index (χ3n) is 3.44. The van der Waals surface area contributed by atoms with Gasteiger partial charge in [0.05, 0.1) is 18.4 Å². The van der Waals surface area contributed by atoms with Crippen LogP contribution in [0.25, 0.3) is 0 Å². The van der Waals surface area contributed by atoms with Crippen molar-refractivity contribution >= 4 is 0 Å². The first-order valence-corrected chi connectivity index (χ1v) is 6.19. The van der Waals surface area contributed by atoms with Gasteiger partial charge >= 0.3 is 0 Å². The Morgan fingerprint density at radius 3 is 3.12 bits per heavy atom. The summed E-state index contributed by atoms with van der Waals surface area (Å²) in [6.45, 7) is 5.88. The molecule has 0 aliphatic carbocycles. The summed E-state index contributed by atoms with van der Waals surface area (Å²) in [5, 5.41) is 7.57. The first kappa shape index (κ1) is 12.5. The molecule has 0 spiro atoms. The average molecular weight is 238 g/mol. The number of morpholine rings is 1. The summed E-state index contributed by atoms with van der Waals surface area (Å²) in [7, 11) is 4.12. The fourth-order valence-corrected chi connectivity index (χ4v) is 2.24. The summed E-state index contributed by atoms with van der Waals surface area (Å²) < 4.78 is 7.65. The summed E-state index contributed by atoms with van der Waals surface area (Å²) in [5.74, 6) is 0. The first-order valence-electron chi connectivity index (χ1n) is 6.19. The maximum Gasteiger partial charge on any atom is 0.0826 e. The first-order chi connectivity index (χ1) is 8.18. The van der Waals surface area contributed by atoms with Gasteiger partial charge in [-0.25, -0.2) is 0 Å². The second-order valence-electron chi connectivity index (χ2n) is 4.69. The molecule has 0 amide bonds. The molecule has 0 radical (unpaired) electrons. The van der Waals surface area contributed by atoms with Gasteiger partial charge in [0.25, 0.3) is 0 Å². The van der Waals surface area contributed by atoms with Gasteiger partial charge in [0.2, 0.25) is 0 Å². The van der Waals surface area contributed by atoms with Crippen molar-refractivity contribution in [2.75, 3.05) is 33.3 Å². The summed E-state index contributed by atoms with van der Waals surface area (Å²) in [6.07, 6.45) is 2.14. The van der Waals surface area contributed by atoms with Gasteiger partial charge < -0.3 is 10.1 Å². The largest absolute Gasteiger partial charge is 0.374 e. The molecule has 2 rings (SSSR count). The summed E-state index contributed by atoms with van der Waals surface area (Å²) in [5.41, 5.74) is 1.23. The lowest BCUT2D eigenvalue weighted by Crippen LogP contribution is -2.45. The maximum absolute atomic E-state index is 5.72. The quantitative estimate of drug-likeness (QED) is 0.824. The van der Waals surface area contributed by atoms with Crippen LogP contribution in [0.3, 0.4) is 0 Å². The second-order valence-corrected chi connectivity index (χ2v) is 4.69. The van der Waals surface area contributed by atoms with E-state index in [0.717, 1.165) is 26.2 Å². The van der Waals surface area contributed by atoms with Crippen LogP contribution in [-0.2, 0) is 11.8 Å². The number of nitrogens with zero attached hydrogens (tertiary/aromatic N) is 3. The standard InChI is InChI=1S/C12H22N4O/c1-10(12-4-5-14-16(12)3)15(2)9-11-8-13-6-7-17-11/h4-5,10-11,13H,6-9H2,1-3H3. The van der Waals surface area contributed by atoms with Gasteiger partial charge in [0, 0.05) is 38.9 Å². The Bertz CT molecular complexity index is 346. The molecular weight excluding hydrogens is 216 g/mol. The van der Waals surface area contributed by atoms with Crippen LogP contribution in [0.4, 0.5) is 0 Å². The molecule has 17 heavy (non-hydrogen) atoms. The maximum atomic E-state index is 5.72. The molecule has 0 aromatic carbocycles. The molecule has 96 valence electrons. The van der Waals surface area contributed by atoms with Crippen LogP contribution >= 0.6 is 0 Å². The lowest BCUT2D eigenvalue weighted by molar-refractivity contribution is 0.00340. The van der Waals surface area contributed by atoms with Gasteiger partial charge in [-0.3, -0.25) is 9.58 Å². The lowest BCUT2D eigenvalue weighted by Gasteiger charge is -2.31. The van der Waals surface area contributed by atoms with Crippen molar-refractivity contribution in [1.82, 2.24) is 20.0 Å². The molecule has 2 atom stereocenters. The fraction of sp³-hybridized carbons (Fsp3) is 0.750. The molecule has 1 aliphatic heterocycles. The molecule has 1 aromatic heterocycles. The minimum atomic E-state index is 0.296. The third kappa shape index (κ3) is 3.06. The Balaban J connectivity index is 1.90. The van der Waals surface area contributed by atoms with Crippen molar-refractivity contribution in [2.45, 2.75) is 19.1 Å². The minimum absolute atomic E-state index is 0.296. The smallest absolute Gasteiger partial charge is 0.0826 e. The zero-order valence-electron chi connectivity index (χ0n) is 10.9. The predicted molar refractivity (Wildman–Crippen MR) is 66.9 cm³/mol. The molecule has 1 aliphatic rings. The minimum Gasteiger partial charge on any atom is -0.374 e. The zero-order chi connectivity index (χ0) is 12.3. The summed E-state index contributed by atoms with van der Waals surface area (Å²) >= 11 is 0. The topological polar surface area (TPSA) is 42.3 Å². The highest BCUT2D eigenvalue weighted by Crippen LogP contribution is 2.18. The molecule has 5 nitrogen and oxygen atoms in total. The van der Waals surface area contributed by atoms with Crippen LogP contribution in [0.5, 0.6) is 0 Å². The highest BCUT2D eigenvalue weighted by atomic mass is 16.5. The van der Waals surface area contributed by atoms with Crippen LogP contribution in [-0.4, -0.2) is 54.1 Å². The van der Waals surface area contributed by atoms with Crippen LogP contribution in [0.1, 0.15) is 18.7 Å². The number of hydrogen-bond acceptors (Lipinski definition) is 4. The number of nitrogens with one attached hydrogen (secondary N) is 1. The van der Waals surface area contributed by atoms with Crippen molar-refractivity contribution in [2.24, 2.45) is 7.05 Å². The van der Waals surface area contributed by atoms with E-state index in [1.54, 1.807) is 0 Å². The average Bonchev–Trinajstić information content (AvgIpc) is 2.76. The molecule has 1 N–H and O–H groups in total.